The van der Waals surface area contributed by atoms with Crippen LogP contribution in [0.25, 0.3) is 0 Å². The van der Waals surface area contributed by atoms with Gasteiger partial charge in [0.2, 0.25) is 5.91 Å². The van der Waals surface area contributed by atoms with Crippen molar-refractivity contribution in [2.75, 3.05) is 20.2 Å². The number of rotatable bonds is 7. The first-order chi connectivity index (χ1) is 14.9. The predicted octanol–water partition coefficient (Wildman–Crippen LogP) is 2.46. The van der Waals surface area contributed by atoms with Crippen LogP contribution in [0.4, 0.5) is 0 Å². The van der Waals surface area contributed by atoms with Gasteiger partial charge in [-0.2, -0.15) is 0 Å². The molecule has 2 aromatic rings. The van der Waals surface area contributed by atoms with Gasteiger partial charge in [-0.25, -0.2) is 0 Å². The van der Waals surface area contributed by atoms with Gasteiger partial charge in [0.25, 0.3) is 11.8 Å². The van der Waals surface area contributed by atoms with Crippen LogP contribution in [-0.4, -0.2) is 54.9 Å². The Morgan fingerprint density at radius 2 is 1.77 bits per heavy atom. The number of hydrogen-bond acceptors (Lipinski definition) is 5. The van der Waals surface area contributed by atoms with Crippen LogP contribution in [0.5, 0.6) is 5.75 Å². The Balaban J connectivity index is 1.53. The number of nitrogens with zero attached hydrogens (tertiary/aromatic N) is 1. The predicted molar refractivity (Wildman–Crippen MR) is 115 cm³/mol. The van der Waals surface area contributed by atoms with Crippen LogP contribution in [0.3, 0.4) is 0 Å². The summed E-state index contributed by atoms with van der Waals surface area (Å²) in [5, 5.41) is 5.87. The molecule has 166 valence electrons. The molecule has 3 amide bonds. The number of carbonyl (C=O) groups is 3. The molecule has 1 fully saturated rings. The van der Waals surface area contributed by atoms with Gasteiger partial charge in [-0.05, 0) is 55.2 Å². The van der Waals surface area contributed by atoms with Crippen LogP contribution in [0, 0.1) is 5.92 Å². The summed E-state index contributed by atoms with van der Waals surface area (Å²) in [6, 6.07) is 9.37. The minimum Gasteiger partial charge on any atom is -0.497 e. The van der Waals surface area contributed by atoms with Crippen molar-refractivity contribution in [3.8, 4) is 5.75 Å². The lowest BCUT2D eigenvalue weighted by molar-refractivity contribution is -0.124. The van der Waals surface area contributed by atoms with E-state index in [4.69, 9.17) is 9.15 Å². The highest BCUT2D eigenvalue weighted by atomic mass is 16.5. The highest BCUT2D eigenvalue weighted by molar-refractivity contribution is 5.97. The molecule has 0 bridgehead atoms. The molecule has 1 aromatic heterocycles. The van der Waals surface area contributed by atoms with E-state index < -0.39 is 6.04 Å². The average Bonchev–Trinajstić information content (AvgIpc) is 3.32. The van der Waals surface area contributed by atoms with Crippen LogP contribution in [-0.2, 0) is 4.79 Å². The molecule has 0 unspecified atom stereocenters. The number of piperidine rings is 1. The first-order valence-corrected chi connectivity index (χ1v) is 10.5. The third-order valence-corrected chi connectivity index (χ3v) is 5.45. The normalized spacial score (nSPS) is 15.4. The Hall–Kier alpha value is -3.29. The van der Waals surface area contributed by atoms with Gasteiger partial charge in [-0.1, -0.05) is 13.8 Å². The van der Waals surface area contributed by atoms with E-state index >= 15 is 0 Å². The number of carbonyl (C=O) groups excluding carboxylic acids is 3. The summed E-state index contributed by atoms with van der Waals surface area (Å²) < 4.78 is 10.3. The molecule has 0 radical (unpaired) electrons. The van der Waals surface area contributed by atoms with Gasteiger partial charge in [-0.15, -0.1) is 0 Å². The SMILES string of the molecule is COc1ccc(C(=O)N[C@@H](C(=O)NC2CCN(C(=O)c3ccco3)CC2)C(C)C)cc1. The number of nitrogens with one attached hydrogen (secondary N) is 2. The van der Waals surface area contributed by atoms with Crippen molar-refractivity contribution in [1.29, 1.82) is 0 Å². The molecule has 8 heteroatoms. The molecule has 0 aliphatic carbocycles. The van der Waals surface area contributed by atoms with Gasteiger partial charge in [0.05, 0.1) is 13.4 Å². The first-order valence-electron chi connectivity index (χ1n) is 10.5. The van der Waals surface area contributed by atoms with Gasteiger partial charge in [-0.3, -0.25) is 14.4 Å². The summed E-state index contributed by atoms with van der Waals surface area (Å²) >= 11 is 0. The lowest BCUT2D eigenvalue weighted by Crippen LogP contribution is -2.54. The highest BCUT2D eigenvalue weighted by Gasteiger charge is 2.30. The van der Waals surface area contributed by atoms with Crippen LogP contribution in [0.1, 0.15) is 47.6 Å². The monoisotopic (exact) mass is 427 g/mol. The zero-order valence-corrected chi connectivity index (χ0v) is 18.1. The number of methoxy groups -OCH3 is 1. The van der Waals surface area contributed by atoms with Crippen molar-refractivity contribution in [2.24, 2.45) is 5.92 Å². The fourth-order valence-corrected chi connectivity index (χ4v) is 3.58. The van der Waals surface area contributed by atoms with E-state index in [-0.39, 0.29) is 29.7 Å². The van der Waals surface area contributed by atoms with E-state index in [0.29, 0.717) is 43.0 Å². The van der Waals surface area contributed by atoms with Crippen LogP contribution >= 0.6 is 0 Å². The summed E-state index contributed by atoms with van der Waals surface area (Å²) in [6.07, 6.45) is 2.78. The number of hydrogen-bond donors (Lipinski definition) is 2. The van der Waals surface area contributed by atoms with Crippen molar-refractivity contribution in [2.45, 2.75) is 38.8 Å². The molecule has 1 aliphatic rings. The fourth-order valence-electron chi connectivity index (χ4n) is 3.58. The standard InChI is InChI=1S/C23H29N3O5/c1-15(2)20(25-21(27)16-6-8-18(30-3)9-7-16)22(28)24-17-10-12-26(13-11-17)23(29)19-5-4-14-31-19/h4-9,14-15,17,20H,10-13H2,1-3H3,(H,24,28)(H,25,27)/t20-/m1/s1. The molecule has 2 heterocycles. The molecular weight excluding hydrogens is 398 g/mol. The Morgan fingerprint density at radius 1 is 1.10 bits per heavy atom. The smallest absolute Gasteiger partial charge is 0.289 e. The zero-order chi connectivity index (χ0) is 22.4. The number of likely N-dealkylation sites (tertiary alicyclic amines) is 1. The van der Waals surface area contributed by atoms with Crippen molar-refractivity contribution in [3.63, 3.8) is 0 Å². The highest BCUT2D eigenvalue weighted by Crippen LogP contribution is 2.16. The zero-order valence-electron chi connectivity index (χ0n) is 18.1. The molecule has 1 atom stereocenters. The first kappa shape index (κ1) is 22.4. The summed E-state index contributed by atoms with van der Waals surface area (Å²) in [5.41, 5.74) is 0.462. The van der Waals surface area contributed by atoms with Gasteiger partial charge < -0.3 is 24.7 Å². The van der Waals surface area contributed by atoms with Gasteiger partial charge >= 0.3 is 0 Å². The molecule has 0 saturated carbocycles. The van der Waals surface area contributed by atoms with Gasteiger partial charge in [0, 0.05) is 24.7 Å². The molecule has 1 aromatic carbocycles. The summed E-state index contributed by atoms with van der Waals surface area (Å²) in [7, 11) is 1.56. The number of furan rings is 1. The molecule has 8 nitrogen and oxygen atoms in total. The van der Waals surface area contributed by atoms with E-state index in [0.717, 1.165) is 0 Å². The molecule has 2 N–H and O–H groups in total. The maximum Gasteiger partial charge on any atom is 0.289 e. The van der Waals surface area contributed by atoms with Crippen LogP contribution in [0.2, 0.25) is 0 Å². The third kappa shape index (κ3) is 5.65. The van der Waals surface area contributed by atoms with E-state index in [1.807, 2.05) is 13.8 Å². The minimum atomic E-state index is -0.655. The van der Waals surface area contributed by atoms with E-state index in [1.165, 1.54) is 6.26 Å². The average molecular weight is 428 g/mol. The van der Waals surface area contributed by atoms with Crippen LogP contribution < -0.4 is 15.4 Å². The fraction of sp³-hybridized carbons (Fsp3) is 0.435. The molecule has 1 aliphatic heterocycles. The summed E-state index contributed by atoms with van der Waals surface area (Å²) in [4.78, 5) is 39.6. The lowest BCUT2D eigenvalue weighted by Gasteiger charge is -2.33. The van der Waals surface area contributed by atoms with Crippen molar-refractivity contribution in [1.82, 2.24) is 15.5 Å². The second kappa shape index (κ2) is 10.1. The molecule has 3 rings (SSSR count). The Labute approximate surface area is 181 Å². The summed E-state index contributed by atoms with van der Waals surface area (Å²) in [5.74, 6) is 0.239. The molecule has 0 spiro atoms. The largest absolute Gasteiger partial charge is 0.497 e. The Morgan fingerprint density at radius 3 is 2.32 bits per heavy atom. The van der Waals surface area contributed by atoms with Crippen molar-refractivity contribution < 1.29 is 23.5 Å². The second-order valence-electron chi connectivity index (χ2n) is 7.98. The molecule has 1 saturated heterocycles. The van der Waals surface area contributed by atoms with Crippen LogP contribution in [0.15, 0.2) is 47.1 Å². The maximum absolute atomic E-state index is 12.9. The van der Waals surface area contributed by atoms with Gasteiger partial charge in [0.15, 0.2) is 5.76 Å². The van der Waals surface area contributed by atoms with E-state index in [2.05, 4.69) is 10.6 Å². The lowest BCUT2D eigenvalue weighted by atomic mass is 10.00. The maximum atomic E-state index is 12.9. The van der Waals surface area contributed by atoms with E-state index in [9.17, 15) is 14.4 Å². The van der Waals surface area contributed by atoms with Crippen molar-refractivity contribution >= 4 is 17.7 Å². The molecule has 31 heavy (non-hydrogen) atoms. The molecular formula is C23H29N3O5. The number of benzene rings is 1. The van der Waals surface area contributed by atoms with E-state index in [1.54, 1.807) is 48.4 Å². The number of ether oxygens (including phenoxy) is 1. The topological polar surface area (TPSA) is 101 Å². The Bertz CT molecular complexity index is 884. The quantitative estimate of drug-likeness (QED) is 0.707. The Kier molecular flexibility index (Phi) is 7.33. The third-order valence-electron chi connectivity index (χ3n) is 5.45. The minimum absolute atomic E-state index is 0.0488. The summed E-state index contributed by atoms with van der Waals surface area (Å²) in [6.45, 7) is 4.86. The second-order valence-corrected chi connectivity index (χ2v) is 7.98. The van der Waals surface area contributed by atoms with Gasteiger partial charge in [0.1, 0.15) is 11.8 Å². The number of amides is 3. The van der Waals surface area contributed by atoms with Crippen molar-refractivity contribution in [3.05, 3.63) is 54.0 Å².